The van der Waals surface area contributed by atoms with E-state index in [1.54, 1.807) is 24.3 Å². The minimum atomic E-state index is -4.04. The van der Waals surface area contributed by atoms with Crippen LogP contribution in [-0.2, 0) is 21.1 Å². The van der Waals surface area contributed by atoms with Crippen molar-refractivity contribution in [2.45, 2.75) is 29.1 Å². The number of fused-ring (bicyclic) bond motifs is 1. The van der Waals surface area contributed by atoms with Crippen molar-refractivity contribution in [3.8, 4) is 0 Å². The molecule has 0 bridgehead atoms. The van der Waals surface area contributed by atoms with Gasteiger partial charge in [-0.1, -0.05) is 53.0 Å². The molecule has 1 amide bonds. The van der Waals surface area contributed by atoms with Crippen LogP contribution in [0.3, 0.4) is 0 Å². The molecule has 0 aliphatic heterocycles. The van der Waals surface area contributed by atoms with Crippen molar-refractivity contribution in [1.82, 2.24) is 0 Å². The van der Waals surface area contributed by atoms with E-state index in [1.165, 1.54) is 36.4 Å². The number of aliphatic hydroxyl groups is 1. The number of rotatable bonds is 6. The van der Waals surface area contributed by atoms with E-state index < -0.39 is 39.0 Å². The summed E-state index contributed by atoms with van der Waals surface area (Å²) in [6.45, 7) is 0. The molecule has 0 saturated heterocycles. The molecule has 3 aromatic rings. The Morgan fingerprint density at radius 1 is 0.972 bits per heavy atom. The summed E-state index contributed by atoms with van der Waals surface area (Å²) >= 11 is 18.3. The minimum absolute atomic E-state index is 0.0336. The molecule has 1 aliphatic rings. The van der Waals surface area contributed by atoms with E-state index in [0.717, 1.165) is 0 Å². The fourth-order valence-corrected chi connectivity index (χ4v) is 7.14. The van der Waals surface area contributed by atoms with Crippen LogP contribution in [0.5, 0.6) is 0 Å². The van der Waals surface area contributed by atoms with Crippen LogP contribution in [0, 0.1) is 5.92 Å². The van der Waals surface area contributed by atoms with Crippen LogP contribution in [0.15, 0.2) is 65.6 Å². The highest BCUT2D eigenvalue weighted by Gasteiger charge is 2.41. The molecular formula is C25H20Cl3NO6S. The monoisotopic (exact) mass is 567 g/mol. The maximum absolute atomic E-state index is 13.7. The Morgan fingerprint density at radius 3 is 2.28 bits per heavy atom. The molecule has 3 aromatic carbocycles. The summed E-state index contributed by atoms with van der Waals surface area (Å²) in [7, 11) is -4.04. The quantitative estimate of drug-likeness (QED) is 0.365. The van der Waals surface area contributed by atoms with Crippen molar-refractivity contribution in [3.05, 3.63) is 92.4 Å². The number of halogens is 3. The third-order valence-electron chi connectivity index (χ3n) is 6.14. The molecule has 36 heavy (non-hydrogen) atoms. The Hall–Kier alpha value is -2.62. The van der Waals surface area contributed by atoms with Gasteiger partial charge in [0.2, 0.25) is 0 Å². The van der Waals surface area contributed by atoms with Crippen LogP contribution in [-0.4, -0.2) is 36.6 Å². The number of aliphatic hydroxyl groups excluding tert-OH is 1. The zero-order valence-corrected chi connectivity index (χ0v) is 21.6. The Kier molecular flexibility index (Phi) is 7.64. The van der Waals surface area contributed by atoms with E-state index in [-0.39, 0.29) is 38.4 Å². The summed E-state index contributed by atoms with van der Waals surface area (Å²) in [6, 6.07) is 15.1. The molecule has 2 unspecified atom stereocenters. The van der Waals surface area contributed by atoms with Crippen LogP contribution in [0.2, 0.25) is 15.1 Å². The first-order chi connectivity index (χ1) is 17.0. The summed E-state index contributed by atoms with van der Waals surface area (Å²) in [5.74, 6) is -2.84. The molecule has 0 saturated carbocycles. The lowest BCUT2D eigenvalue weighted by molar-refractivity contribution is -0.149. The van der Waals surface area contributed by atoms with Gasteiger partial charge in [-0.2, -0.15) is 0 Å². The lowest BCUT2D eigenvalue weighted by Gasteiger charge is -2.33. The van der Waals surface area contributed by atoms with E-state index in [4.69, 9.17) is 34.8 Å². The van der Waals surface area contributed by atoms with Crippen molar-refractivity contribution >= 4 is 62.2 Å². The number of nitrogens with one attached hydrogen (secondary N) is 1. The van der Waals surface area contributed by atoms with Gasteiger partial charge in [0.15, 0.2) is 15.9 Å². The number of benzene rings is 3. The zero-order valence-electron chi connectivity index (χ0n) is 18.5. The SMILES string of the molecule is O=C(Nc1ccc2c(c1)C(S(=O)(=O)c1cccc(Cl)c1)C[C@H](C(O)C(=O)O)C2)c1c(Cl)cccc1Cl. The van der Waals surface area contributed by atoms with Crippen LogP contribution in [0.25, 0.3) is 0 Å². The number of anilines is 1. The van der Waals surface area contributed by atoms with Gasteiger partial charge in [-0.05, 0) is 66.4 Å². The molecule has 188 valence electrons. The lowest BCUT2D eigenvalue weighted by atomic mass is 9.80. The minimum Gasteiger partial charge on any atom is -0.479 e. The zero-order chi connectivity index (χ0) is 26.2. The van der Waals surface area contributed by atoms with Gasteiger partial charge < -0.3 is 15.5 Å². The van der Waals surface area contributed by atoms with E-state index in [0.29, 0.717) is 16.8 Å². The second-order valence-corrected chi connectivity index (χ2v) is 11.8. The second-order valence-electron chi connectivity index (χ2n) is 8.44. The highest BCUT2D eigenvalue weighted by Crippen LogP contribution is 2.43. The lowest BCUT2D eigenvalue weighted by Crippen LogP contribution is -2.36. The van der Waals surface area contributed by atoms with E-state index in [9.17, 15) is 28.2 Å². The molecule has 4 rings (SSSR count). The van der Waals surface area contributed by atoms with Gasteiger partial charge in [0.25, 0.3) is 5.91 Å². The van der Waals surface area contributed by atoms with Crippen molar-refractivity contribution in [3.63, 3.8) is 0 Å². The summed E-state index contributed by atoms with van der Waals surface area (Å²) < 4.78 is 27.3. The standard InChI is InChI=1S/C25H20Cl3NO6S/c26-15-3-1-4-17(11-15)36(34,35)21-10-14(23(30)25(32)33)9-13-7-8-16(12-18(13)21)29-24(31)22-19(27)5-2-6-20(22)28/h1-8,11-12,14,21,23,30H,9-10H2,(H,29,31)(H,32,33)/t14-,21?,23?/m1/s1. The predicted octanol–water partition coefficient (Wildman–Crippen LogP) is 5.42. The third-order valence-corrected chi connectivity index (χ3v) is 9.11. The summed E-state index contributed by atoms with van der Waals surface area (Å²) in [6.07, 6.45) is -1.73. The summed E-state index contributed by atoms with van der Waals surface area (Å²) in [4.78, 5) is 24.3. The number of carbonyl (C=O) groups excluding carboxylic acids is 1. The second kappa shape index (κ2) is 10.4. The number of amides is 1. The van der Waals surface area contributed by atoms with E-state index >= 15 is 0 Å². The maximum Gasteiger partial charge on any atom is 0.332 e. The number of hydrogen-bond acceptors (Lipinski definition) is 5. The molecule has 0 aromatic heterocycles. The number of aliphatic carboxylic acids is 1. The summed E-state index contributed by atoms with van der Waals surface area (Å²) in [5, 5.41) is 21.6. The number of carbonyl (C=O) groups is 2. The number of hydrogen-bond donors (Lipinski definition) is 3. The first-order valence-electron chi connectivity index (χ1n) is 10.8. The van der Waals surface area contributed by atoms with Gasteiger partial charge >= 0.3 is 5.97 Å². The number of carboxylic acid groups (broad SMARTS) is 1. The van der Waals surface area contributed by atoms with Crippen molar-refractivity contribution in [1.29, 1.82) is 0 Å². The molecular weight excluding hydrogens is 549 g/mol. The number of sulfone groups is 1. The van der Waals surface area contributed by atoms with Crippen molar-refractivity contribution in [2.75, 3.05) is 5.32 Å². The van der Waals surface area contributed by atoms with Crippen LogP contribution < -0.4 is 5.32 Å². The van der Waals surface area contributed by atoms with Crippen LogP contribution in [0.4, 0.5) is 5.69 Å². The highest BCUT2D eigenvalue weighted by molar-refractivity contribution is 7.91. The fourth-order valence-electron chi connectivity index (χ4n) is 4.38. The average molecular weight is 569 g/mol. The van der Waals surface area contributed by atoms with E-state index in [1.807, 2.05) is 0 Å². The molecule has 0 spiro atoms. The average Bonchev–Trinajstić information content (AvgIpc) is 2.82. The van der Waals surface area contributed by atoms with Gasteiger partial charge in [-0.3, -0.25) is 4.79 Å². The van der Waals surface area contributed by atoms with E-state index in [2.05, 4.69) is 5.32 Å². The Balaban J connectivity index is 1.76. The predicted molar refractivity (Wildman–Crippen MR) is 138 cm³/mol. The first-order valence-corrected chi connectivity index (χ1v) is 13.5. The van der Waals surface area contributed by atoms with Gasteiger partial charge in [0, 0.05) is 16.6 Å². The molecule has 0 radical (unpaired) electrons. The Morgan fingerprint density at radius 2 is 1.64 bits per heavy atom. The molecule has 3 N–H and O–H groups in total. The Bertz CT molecular complexity index is 1440. The molecule has 7 nitrogen and oxygen atoms in total. The van der Waals surface area contributed by atoms with Gasteiger partial charge in [0.05, 0.1) is 25.8 Å². The van der Waals surface area contributed by atoms with Crippen molar-refractivity contribution in [2.24, 2.45) is 5.92 Å². The third kappa shape index (κ3) is 5.23. The highest BCUT2D eigenvalue weighted by atomic mass is 35.5. The van der Waals surface area contributed by atoms with Crippen LogP contribution >= 0.6 is 34.8 Å². The number of carboxylic acids is 1. The fraction of sp³-hybridized carbons (Fsp3) is 0.200. The molecule has 11 heteroatoms. The van der Waals surface area contributed by atoms with Crippen molar-refractivity contribution < 1.29 is 28.2 Å². The van der Waals surface area contributed by atoms with Gasteiger partial charge in [-0.15, -0.1) is 0 Å². The first kappa shape index (κ1) is 26.4. The largest absolute Gasteiger partial charge is 0.479 e. The topological polar surface area (TPSA) is 121 Å². The molecule has 0 fully saturated rings. The van der Waals surface area contributed by atoms with Gasteiger partial charge in [0.1, 0.15) is 0 Å². The normalized spacial score (nSPS) is 18.2. The molecule has 0 heterocycles. The summed E-state index contributed by atoms with van der Waals surface area (Å²) in [5.41, 5.74) is 1.33. The van der Waals surface area contributed by atoms with Crippen LogP contribution in [0.1, 0.15) is 33.2 Å². The molecule has 3 atom stereocenters. The maximum atomic E-state index is 13.7. The smallest absolute Gasteiger partial charge is 0.332 e. The Labute approximate surface area is 222 Å². The van der Waals surface area contributed by atoms with Gasteiger partial charge in [-0.25, -0.2) is 13.2 Å². The molecule has 1 aliphatic carbocycles.